The van der Waals surface area contributed by atoms with E-state index < -0.39 is 0 Å². The highest BCUT2D eigenvalue weighted by Crippen LogP contribution is 2.05. The Bertz CT molecular complexity index is 447. The van der Waals surface area contributed by atoms with Gasteiger partial charge in [0, 0.05) is 6.42 Å². The average molecular weight is 175 g/mol. The summed E-state index contributed by atoms with van der Waals surface area (Å²) in [5.74, 6) is 0.721. The van der Waals surface area contributed by atoms with Crippen molar-refractivity contribution in [2.45, 2.75) is 13.3 Å². The van der Waals surface area contributed by atoms with E-state index in [0.29, 0.717) is 6.42 Å². The summed E-state index contributed by atoms with van der Waals surface area (Å²) in [6.45, 7) is 1.83. The molecule has 4 heteroatoms. The van der Waals surface area contributed by atoms with E-state index in [2.05, 4.69) is 10.1 Å². The molecule has 2 rings (SSSR count). The van der Waals surface area contributed by atoms with E-state index in [0.717, 1.165) is 23.5 Å². The van der Waals surface area contributed by atoms with Gasteiger partial charge < -0.3 is 4.79 Å². The second kappa shape index (κ2) is 2.97. The lowest BCUT2D eigenvalue weighted by Crippen LogP contribution is -1.98. The van der Waals surface area contributed by atoms with Crippen molar-refractivity contribution in [3.05, 3.63) is 29.7 Å². The molecular weight excluding hydrogens is 166 g/mol. The Hall–Kier alpha value is -1.71. The molecule has 66 valence electrons. The molecule has 0 atom stereocenters. The quantitative estimate of drug-likeness (QED) is 0.633. The maximum Gasteiger partial charge on any atom is 0.155 e. The summed E-state index contributed by atoms with van der Waals surface area (Å²) in [5.41, 5.74) is 1.66. The summed E-state index contributed by atoms with van der Waals surface area (Å²) in [4.78, 5) is 14.6. The van der Waals surface area contributed by atoms with Gasteiger partial charge in [-0.2, -0.15) is 5.10 Å². The van der Waals surface area contributed by atoms with Crippen molar-refractivity contribution in [2.24, 2.45) is 0 Å². The molecule has 0 radical (unpaired) electrons. The minimum atomic E-state index is 0.375. The van der Waals surface area contributed by atoms with Crippen molar-refractivity contribution < 1.29 is 4.79 Å². The zero-order chi connectivity index (χ0) is 9.26. The van der Waals surface area contributed by atoms with Crippen LogP contribution in [0.5, 0.6) is 0 Å². The van der Waals surface area contributed by atoms with E-state index in [1.807, 2.05) is 25.1 Å². The molecule has 0 saturated heterocycles. The summed E-state index contributed by atoms with van der Waals surface area (Å²) < 4.78 is 1.70. The van der Waals surface area contributed by atoms with Gasteiger partial charge in [0.25, 0.3) is 0 Å². The standard InChI is InChI=1S/C9H9N3O/c1-7-10-9-4-2-3-8(5-6-13)12(9)11-7/h2-4,6H,5H2,1H3. The van der Waals surface area contributed by atoms with Gasteiger partial charge in [-0.05, 0) is 19.1 Å². The molecule has 0 aliphatic carbocycles. The Balaban J connectivity index is 2.67. The van der Waals surface area contributed by atoms with Crippen LogP contribution in [0, 0.1) is 6.92 Å². The molecule has 0 bridgehead atoms. The molecule has 0 aliphatic heterocycles. The Morgan fingerprint density at radius 2 is 2.38 bits per heavy atom. The van der Waals surface area contributed by atoms with Crippen molar-refractivity contribution in [2.75, 3.05) is 0 Å². The number of rotatable bonds is 2. The smallest absolute Gasteiger partial charge is 0.155 e. The Kier molecular flexibility index (Phi) is 1.81. The summed E-state index contributed by atoms with van der Waals surface area (Å²) in [6.07, 6.45) is 1.24. The van der Waals surface area contributed by atoms with Gasteiger partial charge in [-0.1, -0.05) is 6.07 Å². The number of aryl methyl sites for hydroxylation is 1. The fourth-order valence-electron chi connectivity index (χ4n) is 1.31. The number of hydrogen-bond donors (Lipinski definition) is 0. The summed E-state index contributed by atoms with van der Waals surface area (Å²) >= 11 is 0. The minimum absolute atomic E-state index is 0.375. The van der Waals surface area contributed by atoms with E-state index in [1.165, 1.54) is 0 Å². The highest BCUT2D eigenvalue weighted by molar-refractivity contribution is 5.55. The van der Waals surface area contributed by atoms with E-state index in [-0.39, 0.29) is 0 Å². The molecule has 0 N–H and O–H groups in total. The zero-order valence-electron chi connectivity index (χ0n) is 7.27. The molecule has 0 aliphatic rings. The van der Waals surface area contributed by atoms with Crippen LogP contribution in [0.15, 0.2) is 18.2 Å². The molecule has 2 aromatic rings. The molecule has 2 aromatic heterocycles. The third-order valence-electron chi connectivity index (χ3n) is 1.84. The Morgan fingerprint density at radius 1 is 1.54 bits per heavy atom. The first-order chi connectivity index (χ1) is 6.31. The van der Waals surface area contributed by atoms with Crippen LogP contribution in [0.2, 0.25) is 0 Å². The van der Waals surface area contributed by atoms with Gasteiger partial charge >= 0.3 is 0 Å². The fraction of sp³-hybridized carbons (Fsp3) is 0.222. The zero-order valence-corrected chi connectivity index (χ0v) is 7.27. The molecule has 0 spiro atoms. The van der Waals surface area contributed by atoms with Gasteiger partial charge in [0.2, 0.25) is 0 Å². The van der Waals surface area contributed by atoms with Crippen LogP contribution in [0.1, 0.15) is 11.5 Å². The van der Waals surface area contributed by atoms with E-state index >= 15 is 0 Å². The number of pyridine rings is 1. The highest BCUT2D eigenvalue weighted by atomic mass is 16.1. The fourth-order valence-corrected chi connectivity index (χ4v) is 1.31. The third-order valence-corrected chi connectivity index (χ3v) is 1.84. The number of aromatic nitrogens is 3. The third kappa shape index (κ3) is 1.30. The van der Waals surface area contributed by atoms with Gasteiger partial charge in [-0.3, -0.25) is 0 Å². The topological polar surface area (TPSA) is 47.3 Å². The lowest BCUT2D eigenvalue weighted by Gasteiger charge is -1.97. The SMILES string of the molecule is Cc1nc2cccc(CC=O)n2n1. The molecule has 0 amide bonds. The summed E-state index contributed by atoms with van der Waals surface area (Å²) in [6, 6.07) is 5.62. The monoisotopic (exact) mass is 175 g/mol. The van der Waals surface area contributed by atoms with Crippen LogP contribution in [0.25, 0.3) is 5.65 Å². The molecule has 0 fully saturated rings. The molecular formula is C9H9N3O. The lowest BCUT2D eigenvalue weighted by atomic mass is 10.3. The molecule has 0 aromatic carbocycles. The first-order valence-corrected chi connectivity index (χ1v) is 4.06. The van der Waals surface area contributed by atoms with Crippen LogP contribution < -0.4 is 0 Å². The van der Waals surface area contributed by atoms with Crippen molar-refractivity contribution in [3.8, 4) is 0 Å². The van der Waals surface area contributed by atoms with E-state index in [9.17, 15) is 4.79 Å². The number of carbonyl (C=O) groups excluding carboxylic acids is 1. The van der Waals surface area contributed by atoms with Crippen LogP contribution in [0.3, 0.4) is 0 Å². The predicted molar refractivity (Wildman–Crippen MR) is 47.5 cm³/mol. The van der Waals surface area contributed by atoms with Gasteiger partial charge in [-0.15, -0.1) is 0 Å². The normalized spacial score (nSPS) is 10.5. The van der Waals surface area contributed by atoms with E-state index in [4.69, 9.17) is 0 Å². The largest absolute Gasteiger partial charge is 0.303 e. The second-order valence-electron chi connectivity index (χ2n) is 2.82. The molecule has 13 heavy (non-hydrogen) atoms. The van der Waals surface area contributed by atoms with Crippen molar-refractivity contribution in [1.82, 2.24) is 14.6 Å². The van der Waals surface area contributed by atoms with Crippen LogP contribution in [-0.4, -0.2) is 20.9 Å². The number of carbonyl (C=O) groups is 1. The molecule has 2 heterocycles. The Morgan fingerprint density at radius 3 is 3.15 bits per heavy atom. The number of nitrogens with zero attached hydrogens (tertiary/aromatic N) is 3. The number of aldehydes is 1. The highest BCUT2D eigenvalue weighted by Gasteiger charge is 2.02. The lowest BCUT2D eigenvalue weighted by molar-refractivity contribution is -0.107. The maximum absolute atomic E-state index is 10.4. The van der Waals surface area contributed by atoms with Crippen LogP contribution in [-0.2, 0) is 11.2 Å². The Labute approximate surface area is 75.2 Å². The predicted octanol–water partition coefficient (Wildman–Crippen LogP) is 0.779. The summed E-state index contributed by atoms with van der Waals surface area (Å²) in [5, 5.41) is 4.18. The first-order valence-electron chi connectivity index (χ1n) is 4.06. The molecule has 4 nitrogen and oxygen atoms in total. The molecule has 0 unspecified atom stereocenters. The average Bonchev–Trinajstić information content (AvgIpc) is 2.47. The number of fused-ring (bicyclic) bond motifs is 1. The number of hydrogen-bond acceptors (Lipinski definition) is 3. The van der Waals surface area contributed by atoms with Gasteiger partial charge in [0.05, 0.1) is 5.69 Å². The van der Waals surface area contributed by atoms with Crippen molar-refractivity contribution in [3.63, 3.8) is 0 Å². The second-order valence-corrected chi connectivity index (χ2v) is 2.82. The van der Waals surface area contributed by atoms with Crippen molar-refractivity contribution in [1.29, 1.82) is 0 Å². The van der Waals surface area contributed by atoms with E-state index in [1.54, 1.807) is 4.52 Å². The van der Waals surface area contributed by atoms with Crippen LogP contribution >= 0.6 is 0 Å². The van der Waals surface area contributed by atoms with Gasteiger partial charge in [0.15, 0.2) is 5.65 Å². The summed E-state index contributed by atoms with van der Waals surface area (Å²) in [7, 11) is 0. The van der Waals surface area contributed by atoms with Gasteiger partial charge in [0.1, 0.15) is 12.1 Å². The van der Waals surface area contributed by atoms with Crippen LogP contribution in [0.4, 0.5) is 0 Å². The molecule has 0 saturated carbocycles. The maximum atomic E-state index is 10.4. The first kappa shape index (κ1) is 7.91. The van der Waals surface area contributed by atoms with Gasteiger partial charge in [-0.25, -0.2) is 9.50 Å². The minimum Gasteiger partial charge on any atom is -0.303 e. The van der Waals surface area contributed by atoms with Crippen molar-refractivity contribution >= 4 is 11.9 Å².